The highest BCUT2D eigenvalue weighted by molar-refractivity contribution is 5.44. The molecule has 0 saturated carbocycles. The van der Waals surface area contributed by atoms with Crippen LogP contribution in [0.15, 0.2) is 18.2 Å². The predicted octanol–water partition coefficient (Wildman–Crippen LogP) is 3.46. The van der Waals surface area contributed by atoms with Crippen LogP contribution in [-0.4, -0.2) is 31.1 Å². The number of methoxy groups -OCH3 is 1. The van der Waals surface area contributed by atoms with Gasteiger partial charge in [0.1, 0.15) is 5.75 Å². The largest absolute Gasteiger partial charge is 0.496 e. The van der Waals surface area contributed by atoms with E-state index in [2.05, 4.69) is 43.9 Å². The van der Waals surface area contributed by atoms with Crippen LogP contribution in [0.3, 0.4) is 0 Å². The van der Waals surface area contributed by atoms with Gasteiger partial charge in [0.2, 0.25) is 0 Å². The molecular weight excluding hydrogens is 222 g/mol. The molecule has 2 heteroatoms. The third-order valence-corrected chi connectivity index (χ3v) is 4.43. The number of rotatable bonds is 4. The molecule has 18 heavy (non-hydrogen) atoms. The van der Waals surface area contributed by atoms with Crippen LogP contribution in [0.4, 0.5) is 0 Å². The van der Waals surface area contributed by atoms with Crippen molar-refractivity contribution in [1.29, 1.82) is 0 Å². The van der Waals surface area contributed by atoms with Crippen LogP contribution >= 0.6 is 0 Å². The smallest absolute Gasteiger partial charge is 0.122 e. The van der Waals surface area contributed by atoms with Crippen molar-refractivity contribution in [1.82, 2.24) is 4.90 Å². The van der Waals surface area contributed by atoms with E-state index >= 15 is 0 Å². The van der Waals surface area contributed by atoms with Crippen molar-refractivity contribution in [3.05, 3.63) is 29.3 Å². The van der Waals surface area contributed by atoms with E-state index in [4.69, 9.17) is 4.74 Å². The van der Waals surface area contributed by atoms with E-state index in [1.165, 1.54) is 17.5 Å². The fourth-order valence-corrected chi connectivity index (χ4v) is 3.41. The van der Waals surface area contributed by atoms with Gasteiger partial charge in [0, 0.05) is 6.04 Å². The van der Waals surface area contributed by atoms with Gasteiger partial charge in [0.25, 0.3) is 0 Å². The van der Waals surface area contributed by atoms with Gasteiger partial charge >= 0.3 is 0 Å². The van der Waals surface area contributed by atoms with Gasteiger partial charge in [-0.25, -0.2) is 0 Å². The molecule has 0 radical (unpaired) electrons. The molecule has 1 aliphatic rings. The number of hydrogen-bond donors (Lipinski definition) is 0. The normalized spacial score (nSPS) is 22.9. The van der Waals surface area contributed by atoms with E-state index in [0.717, 1.165) is 25.3 Å². The number of ether oxygens (including phenoxy) is 1. The summed E-state index contributed by atoms with van der Waals surface area (Å²) in [6.45, 7) is 9.17. The minimum Gasteiger partial charge on any atom is -0.496 e. The Kier molecular flexibility index (Phi) is 4.28. The average molecular weight is 247 g/mol. The van der Waals surface area contributed by atoms with Crippen LogP contribution in [0.1, 0.15) is 44.2 Å². The Balaban J connectivity index is 2.31. The molecule has 2 rings (SSSR count). The monoisotopic (exact) mass is 247 g/mol. The first-order chi connectivity index (χ1) is 8.72. The van der Waals surface area contributed by atoms with Gasteiger partial charge in [-0.1, -0.05) is 32.9 Å². The molecule has 0 fully saturated rings. The lowest BCUT2D eigenvalue weighted by Crippen LogP contribution is -2.41. The third-order valence-electron chi connectivity index (χ3n) is 4.43. The zero-order chi connectivity index (χ0) is 13.1. The maximum atomic E-state index is 5.50. The van der Waals surface area contributed by atoms with Crippen molar-refractivity contribution in [3.8, 4) is 5.75 Å². The Labute approximate surface area is 111 Å². The maximum absolute atomic E-state index is 5.50. The number of fused-ring (bicyclic) bond motifs is 1. The van der Waals surface area contributed by atoms with Crippen molar-refractivity contribution in [3.63, 3.8) is 0 Å². The fourth-order valence-electron chi connectivity index (χ4n) is 3.41. The summed E-state index contributed by atoms with van der Waals surface area (Å²) in [4.78, 5) is 2.59. The maximum Gasteiger partial charge on any atom is 0.122 e. The van der Waals surface area contributed by atoms with Gasteiger partial charge in [0.05, 0.1) is 7.11 Å². The number of likely N-dealkylation sites (N-methyl/N-ethyl adjacent to an activating group) is 1. The molecule has 100 valence electrons. The van der Waals surface area contributed by atoms with Crippen molar-refractivity contribution in [2.75, 3.05) is 20.2 Å². The second-order valence-corrected chi connectivity index (χ2v) is 5.14. The molecule has 0 N–H and O–H groups in total. The van der Waals surface area contributed by atoms with E-state index in [-0.39, 0.29) is 0 Å². The van der Waals surface area contributed by atoms with Gasteiger partial charge in [0.15, 0.2) is 0 Å². The van der Waals surface area contributed by atoms with E-state index in [9.17, 15) is 0 Å². The summed E-state index contributed by atoms with van der Waals surface area (Å²) in [7, 11) is 1.77. The molecule has 0 aromatic heterocycles. The summed E-state index contributed by atoms with van der Waals surface area (Å²) in [6, 6.07) is 7.17. The van der Waals surface area contributed by atoms with Crippen molar-refractivity contribution in [2.24, 2.45) is 0 Å². The summed E-state index contributed by atoms with van der Waals surface area (Å²) in [5.74, 6) is 1.67. The highest BCUT2D eigenvalue weighted by Crippen LogP contribution is 2.38. The Morgan fingerprint density at radius 2 is 2.00 bits per heavy atom. The molecular formula is C16H25NO. The summed E-state index contributed by atoms with van der Waals surface area (Å²) in [5, 5.41) is 0. The molecule has 0 aliphatic heterocycles. The van der Waals surface area contributed by atoms with Crippen LogP contribution in [-0.2, 0) is 6.42 Å². The van der Waals surface area contributed by atoms with Crippen LogP contribution in [0.2, 0.25) is 0 Å². The number of nitrogens with zero attached hydrogens (tertiary/aromatic N) is 1. The summed E-state index contributed by atoms with van der Waals surface area (Å²) in [6.07, 6.45) is 2.39. The zero-order valence-corrected chi connectivity index (χ0v) is 12.1. The molecule has 0 heterocycles. The minimum atomic E-state index is 0.601. The van der Waals surface area contributed by atoms with Crippen LogP contribution in [0.25, 0.3) is 0 Å². The second-order valence-electron chi connectivity index (χ2n) is 5.14. The molecule has 2 atom stereocenters. The quantitative estimate of drug-likeness (QED) is 0.808. The van der Waals surface area contributed by atoms with Crippen LogP contribution in [0.5, 0.6) is 5.75 Å². The van der Waals surface area contributed by atoms with E-state index < -0.39 is 0 Å². The average Bonchev–Trinajstić information content (AvgIpc) is 2.42. The molecule has 0 amide bonds. The molecule has 1 aromatic carbocycles. The lowest BCUT2D eigenvalue weighted by atomic mass is 9.79. The molecule has 1 aliphatic carbocycles. The highest BCUT2D eigenvalue weighted by Gasteiger charge is 2.30. The molecule has 0 spiro atoms. The van der Waals surface area contributed by atoms with Crippen molar-refractivity contribution >= 4 is 0 Å². The van der Waals surface area contributed by atoms with E-state index in [0.29, 0.717) is 12.0 Å². The Morgan fingerprint density at radius 3 is 2.61 bits per heavy atom. The number of benzene rings is 1. The van der Waals surface area contributed by atoms with Crippen molar-refractivity contribution < 1.29 is 4.74 Å². The van der Waals surface area contributed by atoms with Crippen LogP contribution < -0.4 is 4.74 Å². The Hall–Kier alpha value is -1.02. The Morgan fingerprint density at radius 1 is 1.28 bits per heavy atom. The SMILES string of the molecule is CCN(CC)C1CCc2c(OC)cccc2C1C. The first-order valence-corrected chi connectivity index (χ1v) is 7.12. The standard InChI is InChI=1S/C16H25NO/c1-5-17(6-2)15-11-10-14-13(12(15)3)8-7-9-16(14)18-4/h7-9,12,15H,5-6,10-11H2,1-4H3. The minimum absolute atomic E-state index is 0.601. The summed E-state index contributed by atoms with van der Waals surface area (Å²) >= 11 is 0. The lowest BCUT2D eigenvalue weighted by molar-refractivity contribution is 0.174. The molecule has 2 unspecified atom stereocenters. The number of hydrogen-bond acceptors (Lipinski definition) is 2. The topological polar surface area (TPSA) is 12.5 Å². The molecule has 0 bridgehead atoms. The molecule has 2 nitrogen and oxygen atoms in total. The summed E-state index contributed by atoms with van der Waals surface area (Å²) < 4.78 is 5.50. The highest BCUT2D eigenvalue weighted by atomic mass is 16.5. The van der Waals surface area contributed by atoms with Crippen LogP contribution in [0, 0.1) is 0 Å². The molecule has 1 aromatic rings. The first kappa shape index (κ1) is 13.4. The van der Waals surface area contributed by atoms with Gasteiger partial charge in [-0.15, -0.1) is 0 Å². The predicted molar refractivity (Wildman–Crippen MR) is 76.4 cm³/mol. The second kappa shape index (κ2) is 5.75. The lowest BCUT2D eigenvalue weighted by Gasteiger charge is -2.39. The molecule has 0 saturated heterocycles. The van der Waals surface area contributed by atoms with E-state index in [1.807, 2.05) is 0 Å². The third kappa shape index (κ3) is 2.26. The van der Waals surface area contributed by atoms with Gasteiger partial charge in [-0.05, 0) is 49.0 Å². The van der Waals surface area contributed by atoms with Gasteiger partial charge in [-0.3, -0.25) is 0 Å². The van der Waals surface area contributed by atoms with Gasteiger partial charge in [-0.2, -0.15) is 0 Å². The Bertz CT molecular complexity index is 398. The zero-order valence-electron chi connectivity index (χ0n) is 12.1. The van der Waals surface area contributed by atoms with Crippen molar-refractivity contribution in [2.45, 2.75) is 45.6 Å². The fraction of sp³-hybridized carbons (Fsp3) is 0.625. The summed E-state index contributed by atoms with van der Waals surface area (Å²) in [5.41, 5.74) is 2.91. The first-order valence-electron chi connectivity index (χ1n) is 7.12. The van der Waals surface area contributed by atoms with E-state index in [1.54, 1.807) is 7.11 Å². The van der Waals surface area contributed by atoms with Gasteiger partial charge < -0.3 is 9.64 Å².